The van der Waals surface area contributed by atoms with Crippen LogP contribution in [0.3, 0.4) is 0 Å². The molecule has 2 aliphatic rings. The standard InChI is InChI=1S/C35H52O4Si/c1-5-6-7-8-9-10-11-18-23-33(32-25-24-30(37-32)31-26-27-34(36)38-31)39-40(35(2,3)4,28-19-14-12-15-20-28)29-21-16-13-17-22-29/h12-17,19-22,30-33H,5-11,18,23-27H2,1-4H3/t30-,31+,32+,33+/m0/s1. The summed E-state index contributed by atoms with van der Waals surface area (Å²) in [5.74, 6) is -0.0869. The van der Waals surface area contributed by atoms with E-state index in [0.29, 0.717) is 6.42 Å². The first kappa shape index (κ1) is 31.0. The molecule has 2 fully saturated rings. The lowest BCUT2D eigenvalue weighted by Gasteiger charge is -2.46. The topological polar surface area (TPSA) is 44.8 Å². The third-order valence-electron chi connectivity index (χ3n) is 8.92. The van der Waals surface area contributed by atoms with Crippen molar-refractivity contribution in [2.75, 3.05) is 0 Å². The molecule has 220 valence electrons. The van der Waals surface area contributed by atoms with Crippen molar-refractivity contribution in [1.82, 2.24) is 0 Å². The van der Waals surface area contributed by atoms with Crippen LogP contribution in [0.4, 0.5) is 0 Å². The second-order valence-electron chi connectivity index (χ2n) is 12.9. The molecule has 0 aliphatic carbocycles. The van der Waals surface area contributed by atoms with Gasteiger partial charge in [0.05, 0.1) is 18.3 Å². The number of hydrogen-bond acceptors (Lipinski definition) is 4. The third-order valence-corrected chi connectivity index (χ3v) is 14.0. The number of carbonyl (C=O) groups is 1. The molecule has 0 amide bonds. The first-order chi connectivity index (χ1) is 19.3. The summed E-state index contributed by atoms with van der Waals surface area (Å²) in [6.07, 6.45) is 14.5. The number of hydrogen-bond donors (Lipinski definition) is 0. The number of ether oxygens (including phenoxy) is 2. The molecule has 4 nitrogen and oxygen atoms in total. The van der Waals surface area contributed by atoms with Crippen molar-refractivity contribution in [3.05, 3.63) is 60.7 Å². The minimum absolute atomic E-state index is 0.00787. The van der Waals surface area contributed by atoms with Crippen LogP contribution in [-0.4, -0.2) is 38.7 Å². The number of carbonyl (C=O) groups excluding carboxylic acids is 1. The van der Waals surface area contributed by atoms with Crippen LogP contribution in [0.15, 0.2) is 60.7 Å². The Labute approximate surface area is 244 Å². The van der Waals surface area contributed by atoms with Crippen molar-refractivity contribution in [2.45, 2.75) is 141 Å². The fraction of sp³-hybridized carbons (Fsp3) is 0.629. The maximum Gasteiger partial charge on any atom is 0.306 e. The maximum absolute atomic E-state index is 11.8. The van der Waals surface area contributed by atoms with Crippen LogP contribution < -0.4 is 10.4 Å². The maximum atomic E-state index is 11.8. The van der Waals surface area contributed by atoms with Gasteiger partial charge >= 0.3 is 5.97 Å². The largest absolute Gasteiger partial charge is 0.460 e. The molecule has 5 heteroatoms. The molecule has 2 heterocycles. The summed E-state index contributed by atoms with van der Waals surface area (Å²) in [6.45, 7) is 9.33. The Kier molecular flexibility index (Phi) is 11.5. The van der Waals surface area contributed by atoms with Crippen molar-refractivity contribution >= 4 is 24.7 Å². The van der Waals surface area contributed by atoms with Gasteiger partial charge in [0.25, 0.3) is 8.32 Å². The zero-order chi connectivity index (χ0) is 28.4. The van der Waals surface area contributed by atoms with E-state index < -0.39 is 8.32 Å². The van der Waals surface area contributed by atoms with Gasteiger partial charge in [-0.25, -0.2) is 0 Å². The molecule has 0 unspecified atom stereocenters. The summed E-state index contributed by atoms with van der Waals surface area (Å²) >= 11 is 0. The van der Waals surface area contributed by atoms with Crippen molar-refractivity contribution in [1.29, 1.82) is 0 Å². The van der Waals surface area contributed by atoms with E-state index in [2.05, 4.69) is 88.4 Å². The first-order valence-electron chi connectivity index (χ1n) is 16.0. The zero-order valence-corrected chi connectivity index (χ0v) is 26.4. The van der Waals surface area contributed by atoms with E-state index in [-0.39, 0.29) is 35.4 Å². The highest BCUT2D eigenvalue weighted by Gasteiger charge is 2.53. The smallest absolute Gasteiger partial charge is 0.306 e. The highest BCUT2D eigenvalue weighted by Crippen LogP contribution is 2.40. The molecular formula is C35H52O4Si. The molecule has 2 aromatic rings. The third kappa shape index (κ3) is 7.66. The fourth-order valence-electron chi connectivity index (χ4n) is 6.76. The summed E-state index contributed by atoms with van der Waals surface area (Å²) < 4.78 is 20.0. The van der Waals surface area contributed by atoms with Gasteiger partial charge in [0.1, 0.15) is 6.10 Å². The van der Waals surface area contributed by atoms with E-state index in [0.717, 1.165) is 32.1 Å². The Hall–Kier alpha value is -1.95. The van der Waals surface area contributed by atoms with Crippen LogP contribution in [0.25, 0.3) is 0 Å². The first-order valence-corrected chi connectivity index (χ1v) is 17.9. The van der Waals surface area contributed by atoms with E-state index in [9.17, 15) is 4.79 Å². The van der Waals surface area contributed by atoms with E-state index in [1.807, 2.05) is 0 Å². The molecule has 2 aromatic carbocycles. The fourth-order valence-corrected chi connectivity index (χ4v) is 11.5. The minimum Gasteiger partial charge on any atom is -0.460 e. The molecule has 0 spiro atoms. The Morgan fingerprint density at radius 3 is 1.90 bits per heavy atom. The van der Waals surface area contributed by atoms with E-state index in [4.69, 9.17) is 13.9 Å². The van der Waals surface area contributed by atoms with Gasteiger partial charge < -0.3 is 13.9 Å². The average molecular weight is 565 g/mol. The second-order valence-corrected chi connectivity index (χ2v) is 17.2. The minimum atomic E-state index is -2.70. The Morgan fingerprint density at radius 2 is 1.38 bits per heavy atom. The molecule has 0 N–H and O–H groups in total. The Balaban J connectivity index is 1.57. The number of esters is 1. The van der Waals surface area contributed by atoms with Gasteiger partial charge in [-0.2, -0.15) is 0 Å². The van der Waals surface area contributed by atoms with Crippen molar-refractivity contribution in [2.24, 2.45) is 0 Å². The summed E-state index contributed by atoms with van der Waals surface area (Å²) in [5.41, 5.74) is 0. The van der Waals surface area contributed by atoms with Crippen LogP contribution in [0.2, 0.25) is 5.04 Å². The number of rotatable bonds is 15. The zero-order valence-electron chi connectivity index (χ0n) is 25.4. The lowest BCUT2D eigenvalue weighted by Crippen LogP contribution is -2.68. The molecule has 0 radical (unpaired) electrons. The quantitative estimate of drug-likeness (QED) is 0.126. The number of benzene rings is 2. The van der Waals surface area contributed by atoms with E-state index in [1.54, 1.807) is 0 Å². The lowest BCUT2D eigenvalue weighted by molar-refractivity contribution is -0.148. The monoisotopic (exact) mass is 564 g/mol. The molecule has 4 rings (SSSR count). The summed E-state index contributed by atoms with van der Waals surface area (Å²) in [5, 5.41) is 2.55. The van der Waals surface area contributed by atoms with Crippen LogP contribution in [0.1, 0.15) is 111 Å². The molecule has 2 aliphatic heterocycles. The normalized spacial score (nSPS) is 22.4. The van der Waals surface area contributed by atoms with Gasteiger partial charge in [0.2, 0.25) is 0 Å². The molecule has 2 saturated heterocycles. The van der Waals surface area contributed by atoms with Crippen LogP contribution in [0.5, 0.6) is 0 Å². The van der Waals surface area contributed by atoms with Gasteiger partial charge in [-0.1, -0.05) is 140 Å². The Morgan fingerprint density at radius 1 is 0.800 bits per heavy atom. The Bertz CT molecular complexity index is 979. The molecular weight excluding hydrogens is 512 g/mol. The molecule has 4 atom stereocenters. The van der Waals surface area contributed by atoms with Crippen molar-refractivity contribution in [3.63, 3.8) is 0 Å². The molecule has 0 bridgehead atoms. The molecule has 0 aromatic heterocycles. The predicted molar refractivity (Wildman–Crippen MR) is 167 cm³/mol. The summed E-state index contributed by atoms with van der Waals surface area (Å²) in [4.78, 5) is 11.8. The van der Waals surface area contributed by atoms with E-state index >= 15 is 0 Å². The second kappa shape index (κ2) is 14.8. The summed E-state index contributed by atoms with van der Waals surface area (Å²) in [6, 6.07) is 21.9. The van der Waals surface area contributed by atoms with Crippen LogP contribution in [0, 0.1) is 0 Å². The number of cyclic esters (lactones) is 1. The van der Waals surface area contributed by atoms with Crippen LogP contribution in [-0.2, 0) is 18.7 Å². The molecule has 0 saturated carbocycles. The number of unbranched alkanes of at least 4 members (excludes halogenated alkanes) is 7. The highest BCUT2D eigenvalue weighted by atomic mass is 28.4. The van der Waals surface area contributed by atoms with Gasteiger partial charge in [-0.15, -0.1) is 0 Å². The van der Waals surface area contributed by atoms with Gasteiger partial charge in [0.15, 0.2) is 0 Å². The van der Waals surface area contributed by atoms with E-state index in [1.165, 1.54) is 55.3 Å². The van der Waals surface area contributed by atoms with Gasteiger partial charge in [0, 0.05) is 6.42 Å². The molecule has 40 heavy (non-hydrogen) atoms. The van der Waals surface area contributed by atoms with Gasteiger partial charge in [-0.05, 0) is 41.1 Å². The van der Waals surface area contributed by atoms with Crippen molar-refractivity contribution in [3.8, 4) is 0 Å². The van der Waals surface area contributed by atoms with Gasteiger partial charge in [-0.3, -0.25) is 4.79 Å². The van der Waals surface area contributed by atoms with Crippen LogP contribution >= 0.6 is 0 Å². The highest BCUT2D eigenvalue weighted by molar-refractivity contribution is 6.99. The predicted octanol–water partition coefficient (Wildman–Crippen LogP) is 7.72. The lowest BCUT2D eigenvalue weighted by atomic mass is 10.0. The summed E-state index contributed by atoms with van der Waals surface area (Å²) in [7, 11) is -2.70. The SMILES string of the molecule is CCCCCCCCCC[C@@H](O[Si](c1ccccc1)(c1ccccc1)C(C)(C)C)[C@H]1CC[C@@H]([C@H]2CCC(=O)O2)O1. The average Bonchev–Trinajstić information content (AvgIpc) is 3.62. The van der Waals surface area contributed by atoms with Crippen molar-refractivity contribution < 1.29 is 18.7 Å².